The van der Waals surface area contributed by atoms with Gasteiger partial charge in [0, 0.05) is 6.54 Å². The number of halogens is 3. The van der Waals surface area contributed by atoms with Crippen molar-refractivity contribution in [2.45, 2.75) is 10.2 Å². The van der Waals surface area contributed by atoms with Crippen molar-refractivity contribution in [3.8, 4) is 0 Å². The van der Waals surface area contributed by atoms with Crippen molar-refractivity contribution in [2.24, 2.45) is 0 Å². The molecule has 0 aliphatic heterocycles. The largest absolute Gasteiger partial charge is 0.465 e. The Morgan fingerprint density at radius 2 is 2.18 bits per heavy atom. The van der Waals surface area contributed by atoms with Gasteiger partial charge in [0.25, 0.3) is 0 Å². The molecule has 6 heteroatoms. The Morgan fingerprint density at radius 1 is 1.73 bits per heavy atom. The molecule has 1 amide bonds. The Labute approximate surface area is 83.4 Å². The molecule has 0 unspecified atom stereocenters. The predicted octanol–water partition coefficient (Wildman–Crippen LogP) is 2.51. The summed E-state index contributed by atoms with van der Waals surface area (Å²) in [5, 5.41) is 8.52. The first-order chi connectivity index (χ1) is 4.87. The fourth-order valence-electron chi connectivity index (χ4n) is 0.531. The maximum absolute atomic E-state index is 10.4. The molecule has 0 aliphatic carbocycles. The van der Waals surface area contributed by atoms with Crippen molar-refractivity contribution in [1.82, 2.24) is 4.90 Å². The van der Waals surface area contributed by atoms with Crippen molar-refractivity contribution in [1.29, 1.82) is 0 Å². The van der Waals surface area contributed by atoms with Crippen molar-refractivity contribution < 1.29 is 9.90 Å². The third-order valence-corrected chi connectivity index (χ3v) is 1.51. The van der Waals surface area contributed by atoms with Crippen LogP contribution < -0.4 is 0 Å². The van der Waals surface area contributed by atoms with Crippen molar-refractivity contribution >= 4 is 45.2 Å². The summed E-state index contributed by atoms with van der Waals surface area (Å²) in [5.41, 5.74) is 0. The van der Waals surface area contributed by atoms with E-state index in [2.05, 4.69) is 15.9 Å². The lowest BCUT2D eigenvalue weighted by Crippen LogP contribution is -2.36. The molecule has 1 N–H and O–H groups in total. The SMILES string of the molecule is CCN(CC(Cl)(Cl)Br)C(=O)O. The molecule has 0 saturated heterocycles. The van der Waals surface area contributed by atoms with Gasteiger partial charge in [-0.2, -0.15) is 0 Å². The molecular weight excluding hydrogens is 257 g/mol. The van der Waals surface area contributed by atoms with E-state index in [1.807, 2.05) is 0 Å². The van der Waals surface area contributed by atoms with E-state index in [9.17, 15) is 4.79 Å². The van der Waals surface area contributed by atoms with Gasteiger partial charge in [0.15, 0.2) is 3.24 Å². The van der Waals surface area contributed by atoms with Gasteiger partial charge < -0.3 is 10.0 Å². The molecule has 66 valence electrons. The molecular formula is C5H8BrCl2NO2. The highest BCUT2D eigenvalue weighted by Gasteiger charge is 2.24. The molecule has 3 nitrogen and oxygen atoms in total. The number of carboxylic acid groups (broad SMARTS) is 1. The van der Waals surface area contributed by atoms with Gasteiger partial charge in [0.05, 0.1) is 6.54 Å². The first kappa shape index (κ1) is 11.3. The summed E-state index contributed by atoms with van der Waals surface area (Å²) in [6.45, 7) is 2.12. The average Bonchev–Trinajstić information content (AvgIpc) is 1.80. The van der Waals surface area contributed by atoms with Crippen molar-refractivity contribution in [3.63, 3.8) is 0 Å². The summed E-state index contributed by atoms with van der Waals surface area (Å²) >= 11 is 14.0. The topological polar surface area (TPSA) is 40.5 Å². The Balaban J connectivity index is 3.99. The summed E-state index contributed by atoms with van der Waals surface area (Å²) < 4.78 is -1.19. The molecule has 0 aromatic carbocycles. The third kappa shape index (κ3) is 5.58. The second-order valence-electron chi connectivity index (χ2n) is 1.91. The number of amides is 1. The van der Waals surface area contributed by atoms with Crippen LogP contribution in [0.25, 0.3) is 0 Å². The first-order valence-corrected chi connectivity index (χ1v) is 4.46. The smallest absolute Gasteiger partial charge is 0.407 e. The van der Waals surface area contributed by atoms with Crippen molar-refractivity contribution in [2.75, 3.05) is 13.1 Å². The maximum Gasteiger partial charge on any atom is 0.407 e. The molecule has 0 spiro atoms. The Hall–Kier alpha value is 0.330. The second kappa shape index (κ2) is 4.38. The van der Waals surface area contributed by atoms with Gasteiger partial charge >= 0.3 is 6.09 Å². The van der Waals surface area contributed by atoms with Crippen LogP contribution >= 0.6 is 39.1 Å². The molecule has 0 bridgehead atoms. The number of alkyl halides is 3. The van der Waals surface area contributed by atoms with Crippen LogP contribution in [0.1, 0.15) is 6.92 Å². The molecule has 0 heterocycles. The number of nitrogens with zero attached hydrogens (tertiary/aromatic N) is 1. The molecule has 0 fully saturated rings. The van der Waals surface area contributed by atoms with Gasteiger partial charge in [-0.1, -0.05) is 23.2 Å². The van der Waals surface area contributed by atoms with E-state index < -0.39 is 9.34 Å². The fourth-order valence-corrected chi connectivity index (χ4v) is 1.12. The summed E-state index contributed by atoms with van der Waals surface area (Å²) in [6, 6.07) is 0. The maximum atomic E-state index is 10.4. The van der Waals surface area contributed by atoms with Crippen LogP contribution in [0, 0.1) is 0 Å². The molecule has 0 aliphatic rings. The van der Waals surface area contributed by atoms with Crippen LogP contribution in [0.2, 0.25) is 0 Å². The minimum atomic E-state index is -1.19. The summed E-state index contributed by atoms with van der Waals surface area (Å²) in [6.07, 6.45) is -1.03. The average molecular weight is 265 g/mol. The number of carbonyl (C=O) groups is 1. The summed E-state index contributed by atoms with van der Waals surface area (Å²) in [4.78, 5) is 11.5. The van der Waals surface area contributed by atoms with Crippen LogP contribution in [-0.4, -0.2) is 32.4 Å². The summed E-state index contributed by atoms with van der Waals surface area (Å²) in [5.74, 6) is 0. The van der Waals surface area contributed by atoms with E-state index in [1.165, 1.54) is 0 Å². The lowest BCUT2D eigenvalue weighted by Gasteiger charge is -2.21. The molecule has 11 heavy (non-hydrogen) atoms. The minimum absolute atomic E-state index is 0.0436. The number of hydrogen-bond acceptors (Lipinski definition) is 1. The second-order valence-corrected chi connectivity index (χ2v) is 5.66. The van der Waals surface area contributed by atoms with E-state index in [0.717, 1.165) is 4.90 Å². The van der Waals surface area contributed by atoms with Gasteiger partial charge in [-0.3, -0.25) is 0 Å². The molecule has 0 aromatic heterocycles. The fraction of sp³-hybridized carbons (Fsp3) is 0.800. The van der Waals surface area contributed by atoms with Gasteiger partial charge in [-0.15, -0.1) is 0 Å². The molecule has 0 saturated carbocycles. The van der Waals surface area contributed by atoms with E-state index in [-0.39, 0.29) is 6.54 Å². The highest BCUT2D eigenvalue weighted by atomic mass is 79.9. The number of hydrogen-bond donors (Lipinski definition) is 1. The zero-order valence-corrected chi connectivity index (χ0v) is 8.95. The van der Waals surface area contributed by atoms with Gasteiger partial charge in [-0.25, -0.2) is 4.79 Å². The van der Waals surface area contributed by atoms with E-state index in [0.29, 0.717) is 6.54 Å². The highest BCUT2D eigenvalue weighted by Crippen LogP contribution is 2.29. The van der Waals surface area contributed by atoms with Crippen molar-refractivity contribution in [3.05, 3.63) is 0 Å². The molecule has 0 rings (SSSR count). The standard InChI is InChI=1S/C5H8BrCl2NO2/c1-2-9(4(10)11)3-5(6,7)8/h2-3H2,1H3,(H,10,11). The Morgan fingerprint density at radius 3 is 2.27 bits per heavy atom. The van der Waals surface area contributed by atoms with Crippen LogP contribution in [0.4, 0.5) is 4.79 Å². The van der Waals surface area contributed by atoms with Gasteiger partial charge in [-0.05, 0) is 22.9 Å². The van der Waals surface area contributed by atoms with Gasteiger partial charge in [0.2, 0.25) is 0 Å². The van der Waals surface area contributed by atoms with Crippen LogP contribution in [0.15, 0.2) is 0 Å². The van der Waals surface area contributed by atoms with E-state index in [4.69, 9.17) is 28.3 Å². The zero-order valence-electron chi connectivity index (χ0n) is 5.85. The lowest BCUT2D eigenvalue weighted by atomic mass is 10.5. The van der Waals surface area contributed by atoms with E-state index >= 15 is 0 Å². The molecule has 0 atom stereocenters. The number of rotatable bonds is 3. The zero-order chi connectivity index (χ0) is 9.07. The predicted molar refractivity (Wildman–Crippen MR) is 48.6 cm³/mol. The normalized spacial score (nSPS) is 11.3. The lowest BCUT2D eigenvalue weighted by molar-refractivity contribution is 0.149. The van der Waals surface area contributed by atoms with Crippen LogP contribution in [0.3, 0.4) is 0 Å². The quantitative estimate of drug-likeness (QED) is 0.796. The van der Waals surface area contributed by atoms with Crippen LogP contribution in [-0.2, 0) is 0 Å². The van der Waals surface area contributed by atoms with Gasteiger partial charge in [0.1, 0.15) is 0 Å². The van der Waals surface area contributed by atoms with Crippen LogP contribution in [0.5, 0.6) is 0 Å². The highest BCUT2D eigenvalue weighted by molar-refractivity contribution is 9.11. The Bertz CT molecular complexity index is 148. The third-order valence-electron chi connectivity index (χ3n) is 1.02. The monoisotopic (exact) mass is 263 g/mol. The first-order valence-electron chi connectivity index (χ1n) is 2.91. The molecule has 0 radical (unpaired) electrons. The Kier molecular flexibility index (Phi) is 4.51. The minimum Gasteiger partial charge on any atom is -0.465 e. The molecule has 0 aromatic rings. The summed E-state index contributed by atoms with van der Waals surface area (Å²) in [7, 11) is 0. The van der Waals surface area contributed by atoms with E-state index in [1.54, 1.807) is 6.92 Å².